The summed E-state index contributed by atoms with van der Waals surface area (Å²) in [6, 6.07) is 4.75. The SMILES string of the molecule is O=C(NC1CCCCCC1)c1cc(NC2CCCCCC2)ccn1. The van der Waals surface area contributed by atoms with Gasteiger partial charge in [-0.3, -0.25) is 9.78 Å². The smallest absolute Gasteiger partial charge is 0.270 e. The maximum Gasteiger partial charge on any atom is 0.270 e. The predicted molar refractivity (Wildman–Crippen MR) is 98.3 cm³/mol. The molecular weight excluding hydrogens is 298 g/mol. The molecule has 0 radical (unpaired) electrons. The summed E-state index contributed by atoms with van der Waals surface area (Å²) in [6.07, 6.45) is 16.8. The van der Waals surface area contributed by atoms with Crippen LogP contribution in [0.15, 0.2) is 18.3 Å². The van der Waals surface area contributed by atoms with Crippen molar-refractivity contribution in [2.75, 3.05) is 5.32 Å². The Morgan fingerprint density at radius 1 is 0.875 bits per heavy atom. The lowest BCUT2D eigenvalue weighted by atomic mass is 10.1. The predicted octanol–water partition coefficient (Wildman–Crippen LogP) is 4.67. The number of hydrogen-bond donors (Lipinski definition) is 2. The molecule has 2 fully saturated rings. The highest BCUT2D eigenvalue weighted by Crippen LogP contribution is 2.22. The number of nitrogens with zero attached hydrogens (tertiary/aromatic N) is 1. The average Bonchev–Trinajstić information content (AvgIpc) is 3.00. The van der Waals surface area contributed by atoms with Gasteiger partial charge in [-0.2, -0.15) is 0 Å². The van der Waals surface area contributed by atoms with Crippen LogP contribution in [0.3, 0.4) is 0 Å². The van der Waals surface area contributed by atoms with Crippen molar-refractivity contribution in [1.82, 2.24) is 10.3 Å². The van der Waals surface area contributed by atoms with Gasteiger partial charge in [-0.25, -0.2) is 0 Å². The van der Waals surface area contributed by atoms with E-state index in [9.17, 15) is 4.79 Å². The minimum absolute atomic E-state index is 0.0218. The first-order valence-electron chi connectivity index (χ1n) is 9.85. The van der Waals surface area contributed by atoms with Gasteiger partial charge in [0.05, 0.1) is 0 Å². The van der Waals surface area contributed by atoms with Gasteiger partial charge < -0.3 is 10.6 Å². The summed E-state index contributed by atoms with van der Waals surface area (Å²) < 4.78 is 0. The Balaban J connectivity index is 1.58. The molecule has 2 N–H and O–H groups in total. The number of hydrogen-bond acceptors (Lipinski definition) is 3. The Morgan fingerprint density at radius 3 is 2.08 bits per heavy atom. The zero-order valence-corrected chi connectivity index (χ0v) is 14.7. The van der Waals surface area contributed by atoms with E-state index in [1.807, 2.05) is 12.1 Å². The fraction of sp³-hybridized carbons (Fsp3) is 0.700. The second-order valence-corrected chi connectivity index (χ2v) is 7.42. The molecule has 4 nitrogen and oxygen atoms in total. The van der Waals surface area contributed by atoms with Gasteiger partial charge in [-0.15, -0.1) is 0 Å². The number of carbonyl (C=O) groups excluding carboxylic acids is 1. The number of rotatable bonds is 4. The molecule has 0 bridgehead atoms. The highest BCUT2D eigenvalue weighted by Gasteiger charge is 2.17. The number of anilines is 1. The van der Waals surface area contributed by atoms with Gasteiger partial charge in [0.2, 0.25) is 0 Å². The minimum Gasteiger partial charge on any atom is -0.382 e. The van der Waals surface area contributed by atoms with Crippen LogP contribution >= 0.6 is 0 Å². The van der Waals surface area contributed by atoms with Crippen molar-refractivity contribution in [3.05, 3.63) is 24.0 Å². The molecule has 1 amide bonds. The van der Waals surface area contributed by atoms with Gasteiger partial charge in [0, 0.05) is 24.0 Å². The number of amides is 1. The Hall–Kier alpha value is -1.58. The number of nitrogens with one attached hydrogen (secondary N) is 2. The molecule has 0 aromatic carbocycles. The van der Waals surface area contributed by atoms with E-state index >= 15 is 0 Å². The molecule has 0 saturated heterocycles. The van der Waals surface area contributed by atoms with Gasteiger partial charge in [-0.05, 0) is 37.8 Å². The minimum atomic E-state index is -0.0218. The molecular formula is C20H31N3O. The van der Waals surface area contributed by atoms with Gasteiger partial charge in [0.1, 0.15) is 5.69 Å². The van der Waals surface area contributed by atoms with Crippen molar-refractivity contribution in [2.45, 2.75) is 89.1 Å². The van der Waals surface area contributed by atoms with Gasteiger partial charge >= 0.3 is 0 Å². The summed E-state index contributed by atoms with van der Waals surface area (Å²) in [5, 5.41) is 6.80. The summed E-state index contributed by atoms with van der Waals surface area (Å²) in [6.45, 7) is 0. The lowest BCUT2D eigenvalue weighted by molar-refractivity contribution is 0.0928. The summed E-state index contributed by atoms with van der Waals surface area (Å²) in [7, 11) is 0. The second kappa shape index (κ2) is 9.05. The number of aromatic nitrogens is 1. The van der Waals surface area contributed by atoms with E-state index in [1.165, 1.54) is 64.2 Å². The molecule has 24 heavy (non-hydrogen) atoms. The zero-order chi connectivity index (χ0) is 16.6. The first-order valence-corrected chi connectivity index (χ1v) is 9.85. The molecule has 2 aliphatic carbocycles. The lowest BCUT2D eigenvalue weighted by Crippen LogP contribution is -2.35. The Bertz CT molecular complexity index is 515. The van der Waals surface area contributed by atoms with Gasteiger partial charge in [-0.1, -0.05) is 51.4 Å². The van der Waals surface area contributed by atoms with Crippen LogP contribution in [0.2, 0.25) is 0 Å². The average molecular weight is 329 g/mol. The van der Waals surface area contributed by atoms with Crippen molar-refractivity contribution >= 4 is 11.6 Å². The van der Waals surface area contributed by atoms with E-state index in [4.69, 9.17) is 0 Å². The highest BCUT2D eigenvalue weighted by molar-refractivity contribution is 5.93. The monoisotopic (exact) mass is 329 g/mol. The topological polar surface area (TPSA) is 54.0 Å². The molecule has 0 aliphatic heterocycles. The van der Waals surface area contributed by atoms with Crippen LogP contribution in [0.5, 0.6) is 0 Å². The van der Waals surface area contributed by atoms with Crippen molar-refractivity contribution in [3.63, 3.8) is 0 Å². The fourth-order valence-electron chi connectivity index (χ4n) is 3.99. The Labute approximate surface area is 145 Å². The van der Waals surface area contributed by atoms with E-state index in [2.05, 4.69) is 15.6 Å². The summed E-state index contributed by atoms with van der Waals surface area (Å²) in [5.74, 6) is -0.0218. The maximum atomic E-state index is 12.5. The maximum absolute atomic E-state index is 12.5. The van der Waals surface area contributed by atoms with Gasteiger partial charge in [0.25, 0.3) is 5.91 Å². The highest BCUT2D eigenvalue weighted by atomic mass is 16.1. The summed E-state index contributed by atoms with van der Waals surface area (Å²) in [5.41, 5.74) is 1.57. The third-order valence-electron chi connectivity index (χ3n) is 5.41. The standard InChI is InChI=1S/C20H31N3O/c24-20(23-17-11-7-3-4-8-12-17)19-15-18(13-14-21-19)22-16-9-5-1-2-6-10-16/h13-17H,1-12H2,(H,21,22)(H,23,24). The fourth-order valence-corrected chi connectivity index (χ4v) is 3.99. The molecule has 2 saturated carbocycles. The number of pyridine rings is 1. The first-order chi connectivity index (χ1) is 11.8. The van der Waals surface area contributed by atoms with E-state index < -0.39 is 0 Å². The van der Waals surface area contributed by atoms with Crippen molar-refractivity contribution in [1.29, 1.82) is 0 Å². The molecule has 1 aromatic rings. The van der Waals surface area contributed by atoms with Gasteiger partial charge in [0.15, 0.2) is 0 Å². The van der Waals surface area contributed by atoms with Crippen LogP contribution in [0, 0.1) is 0 Å². The summed E-state index contributed by atoms with van der Waals surface area (Å²) >= 11 is 0. The van der Waals surface area contributed by atoms with E-state index in [0.717, 1.165) is 18.5 Å². The third-order valence-corrected chi connectivity index (χ3v) is 5.41. The molecule has 0 atom stereocenters. The van der Waals surface area contributed by atoms with Crippen LogP contribution in [0.25, 0.3) is 0 Å². The molecule has 0 unspecified atom stereocenters. The van der Waals surface area contributed by atoms with Crippen LogP contribution in [0.1, 0.15) is 87.5 Å². The third kappa shape index (κ3) is 5.22. The normalized spacial score (nSPS) is 20.8. The lowest BCUT2D eigenvalue weighted by Gasteiger charge is -2.19. The molecule has 2 aliphatic rings. The van der Waals surface area contributed by atoms with Crippen molar-refractivity contribution in [2.24, 2.45) is 0 Å². The van der Waals surface area contributed by atoms with Crippen molar-refractivity contribution in [3.8, 4) is 0 Å². The first kappa shape index (κ1) is 17.2. The van der Waals surface area contributed by atoms with E-state index in [-0.39, 0.29) is 5.91 Å². The molecule has 1 heterocycles. The van der Waals surface area contributed by atoms with E-state index in [0.29, 0.717) is 17.8 Å². The molecule has 3 rings (SSSR count). The van der Waals surface area contributed by atoms with Crippen LogP contribution in [0.4, 0.5) is 5.69 Å². The molecule has 0 spiro atoms. The number of carbonyl (C=O) groups is 1. The van der Waals surface area contributed by atoms with Crippen molar-refractivity contribution < 1.29 is 4.79 Å². The second-order valence-electron chi connectivity index (χ2n) is 7.42. The molecule has 1 aromatic heterocycles. The Kier molecular flexibility index (Phi) is 6.50. The zero-order valence-electron chi connectivity index (χ0n) is 14.7. The Morgan fingerprint density at radius 2 is 1.46 bits per heavy atom. The molecule has 132 valence electrons. The molecule has 4 heteroatoms. The summed E-state index contributed by atoms with van der Waals surface area (Å²) in [4.78, 5) is 16.8. The van der Waals surface area contributed by atoms with Crippen LogP contribution in [-0.2, 0) is 0 Å². The quantitative estimate of drug-likeness (QED) is 0.789. The van der Waals surface area contributed by atoms with Crippen LogP contribution < -0.4 is 10.6 Å². The van der Waals surface area contributed by atoms with Crippen LogP contribution in [-0.4, -0.2) is 23.0 Å². The largest absolute Gasteiger partial charge is 0.382 e. The van der Waals surface area contributed by atoms with E-state index in [1.54, 1.807) is 6.20 Å².